The summed E-state index contributed by atoms with van der Waals surface area (Å²) >= 11 is 1.55. The van der Waals surface area contributed by atoms with Crippen molar-refractivity contribution in [3.05, 3.63) is 53.9 Å². The highest BCUT2D eigenvalue weighted by molar-refractivity contribution is 7.99. The van der Waals surface area contributed by atoms with Crippen molar-refractivity contribution in [3.8, 4) is 0 Å². The SMILES string of the molecule is Cc1ccc(S(=O)(=O)n2cccc2C2SCCC(=O)N2CCCO)cc1. The van der Waals surface area contributed by atoms with Crippen molar-refractivity contribution >= 4 is 27.7 Å². The molecule has 1 unspecified atom stereocenters. The predicted molar refractivity (Wildman–Crippen MR) is 101 cm³/mol. The lowest BCUT2D eigenvalue weighted by Crippen LogP contribution is -2.39. The van der Waals surface area contributed by atoms with Crippen molar-refractivity contribution in [2.75, 3.05) is 18.9 Å². The Balaban J connectivity index is 1.99. The fourth-order valence-corrected chi connectivity index (χ4v) is 5.69. The van der Waals surface area contributed by atoms with Crippen LogP contribution in [0.4, 0.5) is 0 Å². The van der Waals surface area contributed by atoms with E-state index < -0.39 is 10.0 Å². The van der Waals surface area contributed by atoms with Crippen LogP contribution in [-0.4, -0.2) is 47.2 Å². The molecule has 6 nitrogen and oxygen atoms in total. The number of nitrogens with zero attached hydrogens (tertiary/aromatic N) is 2. The second kappa shape index (κ2) is 7.85. The monoisotopic (exact) mass is 394 g/mol. The highest BCUT2D eigenvalue weighted by atomic mass is 32.2. The molecule has 1 N–H and O–H groups in total. The van der Waals surface area contributed by atoms with Gasteiger partial charge < -0.3 is 10.0 Å². The molecule has 0 spiro atoms. The van der Waals surface area contributed by atoms with Gasteiger partial charge in [0.15, 0.2) is 0 Å². The number of carbonyl (C=O) groups excluding carboxylic acids is 1. The molecule has 1 saturated heterocycles. The largest absolute Gasteiger partial charge is 0.396 e. The average Bonchev–Trinajstić information content (AvgIpc) is 3.11. The molecule has 140 valence electrons. The smallest absolute Gasteiger partial charge is 0.267 e. The molecule has 1 aromatic carbocycles. The van der Waals surface area contributed by atoms with E-state index in [1.807, 2.05) is 6.92 Å². The first-order valence-electron chi connectivity index (χ1n) is 8.46. The topological polar surface area (TPSA) is 79.6 Å². The van der Waals surface area contributed by atoms with Crippen molar-refractivity contribution in [2.24, 2.45) is 0 Å². The van der Waals surface area contributed by atoms with E-state index in [9.17, 15) is 13.2 Å². The molecule has 2 aromatic rings. The van der Waals surface area contributed by atoms with Gasteiger partial charge >= 0.3 is 0 Å². The molecule has 3 rings (SSSR count). The Morgan fingerprint density at radius 1 is 1.23 bits per heavy atom. The van der Waals surface area contributed by atoms with E-state index in [-0.39, 0.29) is 22.8 Å². The average molecular weight is 395 g/mol. The Labute approximate surface area is 157 Å². The Hall–Kier alpha value is -1.77. The molecule has 26 heavy (non-hydrogen) atoms. The van der Waals surface area contributed by atoms with Crippen LogP contribution in [0.2, 0.25) is 0 Å². The number of thioether (sulfide) groups is 1. The summed E-state index contributed by atoms with van der Waals surface area (Å²) in [5.41, 5.74) is 1.54. The first-order valence-corrected chi connectivity index (χ1v) is 11.0. The molecular weight excluding hydrogens is 372 g/mol. The van der Waals surface area contributed by atoms with Gasteiger partial charge in [0, 0.05) is 31.5 Å². The Morgan fingerprint density at radius 3 is 2.65 bits per heavy atom. The van der Waals surface area contributed by atoms with Crippen LogP contribution < -0.4 is 0 Å². The maximum atomic E-state index is 13.1. The van der Waals surface area contributed by atoms with Gasteiger partial charge in [-0.2, -0.15) is 0 Å². The first kappa shape index (κ1) is 19.0. The van der Waals surface area contributed by atoms with E-state index in [1.165, 1.54) is 10.2 Å². The molecule has 2 heterocycles. The molecule has 1 aliphatic heterocycles. The number of carbonyl (C=O) groups is 1. The summed E-state index contributed by atoms with van der Waals surface area (Å²) in [5.74, 6) is 0.636. The molecule has 8 heteroatoms. The minimum atomic E-state index is -3.74. The van der Waals surface area contributed by atoms with Crippen LogP contribution in [0.15, 0.2) is 47.5 Å². The number of amides is 1. The number of aliphatic hydroxyl groups is 1. The van der Waals surface area contributed by atoms with Gasteiger partial charge in [-0.25, -0.2) is 12.4 Å². The molecule has 1 aliphatic rings. The van der Waals surface area contributed by atoms with Crippen LogP contribution in [0.1, 0.15) is 29.5 Å². The normalized spacial score (nSPS) is 18.3. The van der Waals surface area contributed by atoms with Gasteiger partial charge in [-0.05, 0) is 37.6 Å². The lowest BCUT2D eigenvalue weighted by molar-refractivity contribution is -0.132. The van der Waals surface area contributed by atoms with Crippen LogP contribution in [0.5, 0.6) is 0 Å². The number of hydrogen-bond donors (Lipinski definition) is 1. The van der Waals surface area contributed by atoms with Crippen LogP contribution in [0.3, 0.4) is 0 Å². The van der Waals surface area contributed by atoms with E-state index in [1.54, 1.807) is 53.1 Å². The second-order valence-corrected chi connectivity index (χ2v) is 9.19. The maximum absolute atomic E-state index is 13.1. The van der Waals surface area contributed by atoms with Crippen LogP contribution in [-0.2, 0) is 14.8 Å². The summed E-state index contributed by atoms with van der Waals surface area (Å²) in [6, 6.07) is 10.2. The predicted octanol–water partition coefficient (Wildman–Crippen LogP) is 2.38. The Morgan fingerprint density at radius 2 is 1.96 bits per heavy atom. The summed E-state index contributed by atoms with van der Waals surface area (Å²) in [6.07, 6.45) is 2.42. The van der Waals surface area contributed by atoms with Gasteiger partial charge in [0.25, 0.3) is 10.0 Å². The highest BCUT2D eigenvalue weighted by Gasteiger charge is 2.33. The minimum Gasteiger partial charge on any atom is -0.396 e. The van der Waals surface area contributed by atoms with E-state index in [0.717, 1.165) is 5.56 Å². The van der Waals surface area contributed by atoms with Crippen LogP contribution >= 0.6 is 11.8 Å². The number of aromatic nitrogens is 1. The number of hydrogen-bond acceptors (Lipinski definition) is 5. The van der Waals surface area contributed by atoms with Crippen molar-refractivity contribution in [1.82, 2.24) is 8.87 Å². The van der Waals surface area contributed by atoms with Crippen molar-refractivity contribution in [2.45, 2.75) is 30.0 Å². The molecular formula is C18H22N2O4S2. The lowest BCUT2D eigenvalue weighted by atomic mass is 10.2. The van der Waals surface area contributed by atoms with Crippen molar-refractivity contribution in [1.29, 1.82) is 0 Å². The number of benzene rings is 1. The molecule has 0 radical (unpaired) electrons. The molecule has 0 saturated carbocycles. The van der Waals surface area contributed by atoms with Gasteiger partial charge in [0.2, 0.25) is 5.91 Å². The van der Waals surface area contributed by atoms with E-state index in [0.29, 0.717) is 30.8 Å². The first-order chi connectivity index (χ1) is 12.4. The zero-order chi connectivity index (χ0) is 18.7. The summed E-state index contributed by atoms with van der Waals surface area (Å²) in [6.45, 7) is 2.30. The van der Waals surface area contributed by atoms with Gasteiger partial charge in [-0.3, -0.25) is 4.79 Å². The third kappa shape index (κ3) is 3.67. The fraction of sp³-hybridized carbons (Fsp3) is 0.389. The molecule has 0 aliphatic carbocycles. The minimum absolute atomic E-state index is 0.0101. The fourth-order valence-electron chi connectivity index (χ4n) is 2.96. The molecule has 1 amide bonds. The summed E-state index contributed by atoms with van der Waals surface area (Å²) in [7, 11) is -3.74. The lowest BCUT2D eigenvalue weighted by Gasteiger charge is -2.35. The number of rotatable bonds is 6. The second-order valence-electron chi connectivity index (χ2n) is 6.18. The molecule has 1 aromatic heterocycles. The van der Waals surface area contributed by atoms with Crippen LogP contribution in [0, 0.1) is 6.92 Å². The third-order valence-electron chi connectivity index (χ3n) is 4.33. The molecule has 1 fully saturated rings. The van der Waals surface area contributed by atoms with Crippen molar-refractivity contribution < 1.29 is 18.3 Å². The van der Waals surface area contributed by atoms with E-state index in [4.69, 9.17) is 5.11 Å². The van der Waals surface area contributed by atoms with Gasteiger partial charge in [-0.1, -0.05) is 17.7 Å². The Bertz CT molecular complexity index is 875. The Kier molecular flexibility index (Phi) is 5.74. The quantitative estimate of drug-likeness (QED) is 0.814. The standard InChI is InChI=1S/C18H22N2O4S2/c1-14-5-7-15(8-6-14)26(23,24)20-11-2-4-16(20)18-19(10-3-12-21)17(22)9-13-25-18/h2,4-8,11,18,21H,3,9-10,12-13H2,1H3. The van der Waals surface area contributed by atoms with E-state index in [2.05, 4.69) is 0 Å². The maximum Gasteiger partial charge on any atom is 0.267 e. The summed E-state index contributed by atoms with van der Waals surface area (Å²) in [5, 5.41) is 8.73. The third-order valence-corrected chi connectivity index (χ3v) is 7.30. The number of aliphatic hydroxyl groups excluding tert-OH is 1. The zero-order valence-electron chi connectivity index (χ0n) is 14.5. The van der Waals surface area contributed by atoms with Crippen LogP contribution in [0.25, 0.3) is 0 Å². The van der Waals surface area contributed by atoms with Gasteiger partial charge in [0.1, 0.15) is 5.37 Å². The van der Waals surface area contributed by atoms with E-state index >= 15 is 0 Å². The number of aryl methyl sites for hydroxylation is 1. The summed E-state index contributed by atoms with van der Waals surface area (Å²) in [4.78, 5) is 14.2. The molecule has 0 bridgehead atoms. The highest BCUT2D eigenvalue weighted by Crippen LogP contribution is 2.38. The zero-order valence-corrected chi connectivity index (χ0v) is 16.2. The van der Waals surface area contributed by atoms with Crippen molar-refractivity contribution in [3.63, 3.8) is 0 Å². The molecule has 1 atom stereocenters. The summed E-state index contributed by atoms with van der Waals surface area (Å²) < 4.78 is 27.4. The van der Waals surface area contributed by atoms with Gasteiger partial charge in [0.05, 0.1) is 10.6 Å². The van der Waals surface area contributed by atoms with Gasteiger partial charge in [-0.15, -0.1) is 11.8 Å².